The summed E-state index contributed by atoms with van der Waals surface area (Å²) >= 11 is 0. The van der Waals surface area contributed by atoms with Crippen LogP contribution in [0.2, 0.25) is 0 Å². The Labute approximate surface area is 108 Å². The van der Waals surface area contributed by atoms with Gasteiger partial charge in [0.05, 0.1) is 4.92 Å². The number of nitrogens with one attached hydrogen (secondary N) is 1. The molecule has 1 aromatic heterocycles. The van der Waals surface area contributed by atoms with Crippen molar-refractivity contribution >= 4 is 11.6 Å². The number of allylic oxidation sites excluding steroid dienone is 2. The quantitative estimate of drug-likeness (QED) is 0.657. The summed E-state index contributed by atoms with van der Waals surface area (Å²) in [4.78, 5) is 14.5. The van der Waals surface area contributed by atoms with Gasteiger partial charge in [-0.25, -0.2) is 4.68 Å². The third-order valence-corrected chi connectivity index (χ3v) is 2.98. The van der Waals surface area contributed by atoms with Crippen LogP contribution in [0.5, 0.6) is 0 Å². The van der Waals surface area contributed by atoms with Crippen molar-refractivity contribution in [3.8, 4) is 0 Å². The lowest BCUT2D eigenvalue weighted by molar-refractivity contribution is -0.384. The van der Waals surface area contributed by atoms with Crippen molar-refractivity contribution in [3.05, 3.63) is 58.0 Å². The summed E-state index contributed by atoms with van der Waals surface area (Å²) < 4.78 is 1.70. The average molecular weight is 257 g/mol. The molecule has 1 atom stereocenters. The standard InChI is InChI=1S/C12H11N5O2/c1-8-5-11(16-12(15-8)13-7-14-16)9-3-2-4-10(6-9)17(18)19/h2-7,11H,1H3,(H,13,14,15). The van der Waals surface area contributed by atoms with E-state index in [0.29, 0.717) is 5.95 Å². The molecule has 19 heavy (non-hydrogen) atoms. The molecule has 0 radical (unpaired) electrons. The monoisotopic (exact) mass is 257 g/mol. The van der Waals surface area contributed by atoms with Gasteiger partial charge >= 0.3 is 0 Å². The first kappa shape index (κ1) is 11.4. The highest BCUT2D eigenvalue weighted by atomic mass is 16.6. The molecular weight excluding hydrogens is 246 g/mol. The van der Waals surface area contributed by atoms with Gasteiger partial charge in [-0.15, -0.1) is 0 Å². The van der Waals surface area contributed by atoms with Gasteiger partial charge in [-0.3, -0.25) is 10.1 Å². The van der Waals surface area contributed by atoms with Gasteiger partial charge in [0, 0.05) is 17.8 Å². The molecule has 1 unspecified atom stereocenters. The molecule has 2 aromatic rings. The summed E-state index contributed by atoms with van der Waals surface area (Å²) in [5.74, 6) is 0.636. The molecule has 3 rings (SSSR count). The Morgan fingerprint density at radius 3 is 3.11 bits per heavy atom. The predicted octanol–water partition coefficient (Wildman–Crippen LogP) is 2.10. The lowest BCUT2D eigenvalue weighted by atomic mass is 10.0. The highest BCUT2D eigenvalue weighted by Crippen LogP contribution is 2.29. The van der Waals surface area contributed by atoms with E-state index in [-0.39, 0.29) is 11.7 Å². The van der Waals surface area contributed by atoms with Crippen molar-refractivity contribution in [2.24, 2.45) is 0 Å². The molecule has 0 saturated heterocycles. The summed E-state index contributed by atoms with van der Waals surface area (Å²) in [5, 5.41) is 18.1. The van der Waals surface area contributed by atoms with Crippen molar-refractivity contribution in [1.29, 1.82) is 0 Å². The molecule has 1 aromatic carbocycles. The normalized spacial score (nSPS) is 17.3. The Balaban J connectivity index is 2.08. The van der Waals surface area contributed by atoms with Crippen LogP contribution in [0.15, 0.2) is 42.4 Å². The van der Waals surface area contributed by atoms with E-state index in [4.69, 9.17) is 0 Å². The minimum atomic E-state index is -0.399. The zero-order chi connectivity index (χ0) is 13.4. The van der Waals surface area contributed by atoms with Crippen molar-refractivity contribution in [2.75, 3.05) is 5.32 Å². The first-order valence-corrected chi connectivity index (χ1v) is 5.74. The van der Waals surface area contributed by atoms with Crippen LogP contribution < -0.4 is 5.32 Å². The topological polar surface area (TPSA) is 85.9 Å². The number of hydrogen-bond acceptors (Lipinski definition) is 5. The molecule has 1 aliphatic rings. The van der Waals surface area contributed by atoms with Gasteiger partial charge in [-0.2, -0.15) is 10.1 Å². The second-order valence-corrected chi connectivity index (χ2v) is 4.30. The van der Waals surface area contributed by atoms with Gasteiger partial charge in [0.25, 0.3) is 5.69 Å². The number of hydrogen-bond donors (Lipinski definition) is 1. The van der Waals surface area contributed by atoms with Crippen molar-refractivity contribution in [1.82, 2.24) is 14.8 Å². The number of aromatic nitrogens is 3. The fourth-order valence-corrected chi connectivity index (χ4v) is 2.13. The molecule has 1 aliphatic heterocycles. The minimum Gasteiger partial charge on any atom is -0.329 e. The Morgan fingerprint density at radius 1 is 1.47 bits per heavy atom. The fourth-order valence-electron chi connectivity index (χ4n) is 2.13. The third kappa shape index (κ3) is 1.95. The number of benzene rings is 1. The van der Waals surface area contributed by atoms with E-state index in [9.17, 15) is 10.1 Å². The fraction of sp³-hybridized carbons (Fsp3) is 0.167. The number of nitro benzene ring substituents is 1. The molecule has 1 N–H and O–H groups in total. The molecular formula is C12H11N5O2. The van der Waals surface area contributed by atoms with E-state index in [1.165, 1.54) is 12.4 Å². The van der Waals surface area contributed by atoms with E-state index < -0.39 is 4.92 Å². The maximum absolute atomic E-state index is 10.8. The Bertz CT molecular complexity index is 676. The molecule has 0 aliphatic carbocycles. The predicted molar refractivity (Wildman–Crippen MR) is 68.6 cm³/mol. The number of nitro groups is 1. The molecule has 2 heterocycles. The molecule has 0 fully saturated rings. The first-order chi connectivity index (χ1) is 9.15. The summed E-state index contributed by atoms with van der Waals surface area (Å²) in [6.07, 6.45) is 3.42. The number of non-ortho nitro benzene ring substituents is 1. The molecule has 0 spiro atoms. The van der Waals surface area contributed by atoms with E-state index in [1.54, 1.807) is 16.8 Å². The summed E-state index contributed by atoms with van der Waals surface area (Å²) in [6, 6.07) is 6.38. The lowest BCUT2D eigenvalue weighted by Crippen LogP contribution is -2.19. The SMILES string of the molecule is CC1=CC(c2cccc([N+](=O)[O-])c2)n2ncnc2N1. The largest absolute Gasteiger partial charge is 0.329 e. The summed E-state index contributed by atoms with van der Waals surface area (Å²) in [5.41, 5.74) is 1.82. The molecule has 7 nitrogen and oxygen atoms in total. The van der Waals surface area contributed by atoms with E-state index >= 15 is 0 Å². The van der Waals surface area contributed by atoms with Crippen molar-refractivity contribution in [3.63, 3.8) is 0 Å². The number of nitrogens with zero attached hydrogens (tertiary/aromatic N) is 4. The van der Waals surface area contributed by atoms with Crippen molar-refractivity contribution < 1.29 is 4.92 Å². The number of rotatable bonds is 2. The summed E-state index contributed by atoms with van der Waals surface area (Å²) in [6.45, 7) is 1.92. The number of fused-ring (bicyclic) bond motifs is 1. The second-order valence-electron chi connectivity index (χ2n) is 4.30. The van der Waals surface area contributed by atoms with Crippen LogP contribution in [-0.2, 0) is 0 Å². The highest BCUT2D eigenvalue weighted by Gasteiger charge is 2.22. The minimum absolute atomic E-state index is 0.0729. The Morgan fingerprint density at radius 2 is 2.32 bits per heavy atom. The average Bonchev–Trinajstić information content (AvgIpc) is 2.85. The highest BCUT2D eigenvalue weighted by molar-refractivity contribution is 5.44. The van der Waals surface area contributed by atoms with Gasteiger partial charge in [0.2, 0.25) is 5.95 Å². The van der Waals surface area contributed by atoms with Crippen LogP contribution in [0.1, 0.15) is 18.5 Å². The molecule has 96 valence electrons. The van der Waals surface area contributed by atoms with Gasteiger partial charge in [0.15, 0.2) is 0 Å². The van der Waals surface area contributed by atoms with Crippen LogP contribution in [-0.4, -0.2) is 19.7 Å². The third-order valence-electron chi connectivity index (χ3n) is 2.98. The van der Waals surface area contributed by atoms with Crippen LogP contribution in [0.3, 0.4) is 0 Å². The lowest BCUT2D eigenvalue weighted by Gasteiger charge is -2.22. The first-order valence-electron chi connectivity index (χ1n) is 5.74. The van der Waals surface area contributed by atoms with Crippen LogP contribution in [0, 0.1) is 10.1 Å². The Hall–Kier alpha value is -2.70. The van der Waals surface area contributed by atoms with Crippen LogP contribution in [0.4, 0.5) is 11.6 Å². The molecule has 0 bridgehead atoms. The maximum Gasteiger partial charge on any atom is 0.269 e. The maximum atomic E-state index is 10.8. The Kier molecular flexibility index (Phi) is 2.52. The van der Waals surface area contributed by atoms with Gasteiger partial charge < -0.3 is 5.32 Å². The second kappa shape index (κ2) is 4.20. The molecule has 0 saturated carbocycles. The van der Waals surface area contributed by atoms with E-state index in [0.717, 1.165) is 11.3 Å². The zero-order valence-corrected chi connectivity index (χ0v) is 10.1. The molecule has 0 amide bonds. The van der Waals surface area contributed by atoms with E-state index in [1.807, 2.05) is 19.1 Å². The smallest absolute Gasteiger partial charge is 0.269 e. The summed E-state index contributed by atoms with van der Waals surface area (Å²) in [7, 11) is 0. The molecule has 7 heteroatoms. The van der Waals surface area contributed by atoms with Crippen LogP contribution in [0.25, 0.3) is 0 Å². The van der Waals surface area contributed by atoms with Crippen molar-refractivity contribution in [2.45, 2.75) is 13.0 Å². The zero-order valence-electron chi connectivity index (χ0n) is 10.1. The van der Waals surface area contributed by atoms with Gasteiger partial charge in [0.1, 0.15) is 12.4 Å². The van der Waals surface area contributed by atoms with E-state index in [2.05, 4.69) is 15.4 Å². The van der Waals surface area contributed by atoms with Crippen LogP contribution >= 0.6 is 0 Å². The number of anilines is 1. The van der Waals surface area contributed by atoms with Gasteiger partial charge in [-0.05, 0) is 18.6 Å². The van der Waals surface area contributed by atoms with Gasteiger partial charge in [-0.1, -0.05) is 12.1 Å².